The third-order valence-corrected chi connectivity index (χ3v) is 5.11. The van der Waals surface area contributed by atoms with Crippen molar-refractivity contribution in [3.05, 3.63) is 59.7 Å². The van der Waals surface area contributed by atoms with Crippen LogP contribution in [0.2, 0.25) is 0 Å². The molecule has 0 spiro atoms. The summed E-state index contributed by atoms with van der Waals surface area (Å²) in [6.45, 7) is 1.59. The fourth-order valence-corrected chi connectivity index (χ4v) is 3.68. The molecule has 1 heterocycles. The van der Waals surface area contributed by atoms with Gasteiger partial charge in [-0.05, 0) is 54.8 Å². The summed E-state index contributed by atoms with van der Waals surface area (Å²) in [6.07, 6.45) is 2.93. The first-order chi connectivity index (χ1) is 13.8. The van der Waals surface area contributed by atoms with E-state index >= 15 is 0 Å². The number of ether oxygens (including phenoxy) is 2. The van der Waals surface area contributed by atoms with Crippen LogP contribution in [0.25, 0.3) is 0 Å². The van der Waals surface area contributed by atoms with E-state index in [2.05, 4.69) is 0 Å². The molecule has 0 saturated carbocycles. The number of hydrogen-bond acceptors (Lipinski definition) is 6. The number of carbonyl (C=O) groups excluding carboxylic acids is 1. The molecule has 0 radical (unpaired) electrons. The molecule has 8 heteroatoms. The maximum atomic E-state index is 13.1. The molecular weight excluding hydrogens is 394 g/mol. The summed E-state index contributed by atoms with van der Waals surface area (Å²) in [6, 6.07) is 13.7. The molecule has 1 fully saturated rings. The van der Waals surface area contributed by atoms with Crippen LogP contribution in [0.3, 0.4) is 0 Å². The molecule has 0 aromatic heterocycles. The number of hydrogen-bond donors (Lipinski definition) is 0. The van der Waals surface area contributed by atoms with Gasteiger partial charge in [-0.25, -0.2) is 0 Å². The van der Waals surface area contributed by atoms with Crippen molar-refractivity contribution in [2.45, 2.75) is 25.5 Å². The molecule has 0 bridgehead atoms. The fraction of sp³-hybridized carbons (Fsp3) is 0.381. The van der Waals surface area contributed by atoms with Crippen molar-refractivity contribution >= 4 is 16.0 Å². The Hall–Kier alpha value is -2.58. The quantitative estimate of drug-likeness (QED) is 0.612. The van der Waals surface area contributed by atoms with Crippen LogP contribution >= 0.6 is 0 Å². The molecule has 156 valence electrons. The normalized spacial score (nSPS) is 16.4. The molecule has 0 aliphatic carbocycles. The van der Waals surface area contributed by atoms with Crippen LogP contribution in [-0.2, 0) is 21.4 Å². The summed E-state index contributed by atoms with van der Waals surface area (Å²) in [5, 5.41) is 0. The Kier molecular flexibility index (Phi) is 6.76. The van der Waals surface area contributed by atoms with Gasteiger partial charge in [-0.1, -0.05) is 12.1 Å². The third kappa shape index (κ3) is 6.20. The molecule has 1 saturated heterocycles. The molecule has 1 amide bonds. The molecular formula is C21H25NO6S. The summed E-state index contributed by atoms with van der Waals surface area (Å²) in [5.41, 5.74) is 1.44. The Labute approximate surface area is 171 Å². The molecule has 2 aromatic carbocycles. The zero-order chi connectivity index (χ0) is 20.9. The lowest BCUT2D eigenvalue weighted by molar-refractivity contribution is 0.0507. The van der Waals surface area contributed by atoms with Gasteiger partial charge in [0, 0.05) is 25.3 Å². The number of rotatable bonds is 8. The van der Waals surface area contributed by atoms with Crippen LogP contribution in [-0.4, -0.2) is 51.8 Å². The second kappa shape index (κ2) is 9.28. The van der Waals surface area contributed by atoms with Gasteiger partial charge in [0.15, 0.2) is 0 Å². The second-order valence-corrected chi connectivity index (χ2v) is 8.56. The molecule has 29 heavy (non-hydrogen) atoms. The highest BCUT2D eigenvalue weighted by Crippen LogP contribution is 2.20. The van der Waals surface area contributed by atoms with Gasteiger partial charge in [0.05, 0.1) is 19.5 Å². The van der Waals surface area contributed by atoms with Crippen molar-refractivity contribution in [2.75, 3.05) is 26.5 Å². The maximum absolute atomic E-state index is 13.1. The number of methoxy groups -OCH3 is 1. The van der Waals surface area contributed by atoms with Crippen molar-refractivity contribution in [2.24, 2.45) is 0 Å². The van der Waals surface area contributed by atoms with Gasteiger partial charge >= 0.3 is 10.1 Å². The average Bonchev–Trinajstić information content (AvgIpc) is 3.20. The third-order valence-electron chi connectivity index (χ3n) is 4.62. The van der Waals surface area contributed by atoms with Crippen LogP contribution in [0.4, 0.5) is 0 Å². The standard InChI is InChI=1S/C21H25NO6S/c1-26-18-11-7-17(8-12-18)21(23)22(15-20-4-3-13-27-20)14-16-5-9-19(10-6-16)28-29(2,24)25/h5-12,20H,3-4,13-15H2,1-2H3. The van der Waals surface area contributed by atoms with E-state index in [0.29, 0.717) is 31.0 Å². The first-order valence-electron chi connectivity index (χ1n) is 9.37. The van der Waals surface area contributed by atoms with Crippen LogP contribution in [0, 0.1) is 0 Å². The van der Waals surface area contributed by atoms with Crippen LogP contribution in [0.15, 0.2) is 48.5 Å². The molecule has 3 rings (SSSR count). The van der Waals surface area contributed by atoms with Gasteiger partial charge in [0.1, 0.15) is 11.5 Å². The first kappa shape index (κ1) is 21.1. The highest BCUT2D eigenvalue weighted by molar-refractivity contribution is 7.86. The van der Waals surface area contributed by atoms with E-state index in [-0.39, 0.29) is 17.8 Å². The molecule has 1 atom stereocenters. The van der Waals surface area contributed by atoms with E-state index in [1.54, 1.807) is 60.5 Å². The summed E-state index contributed by atoms with van der Waals surface area (Å²) in [4.78, 5) is 14.9. The lowest BCUT2D eigenvalue weighted by atomic mass is 10.1. The van der Waals surface area contributed by atoms with Gasteiger partial charge in [-0.2, -0.15) is 8.42 Å². The van der Waals surface area contributed by atoms with Crippen LogP contribution in [0.1, 0.15) is 28.8 Å². The minimum absolute atomic E-state index is 0.0186. The monoisotopic (exact) mass is 419 g/mol. The summed E-state index contributed by atoms with van der Waals surface area (Å²) in [7, 11) is -1.99. The lowest BCUT2D eigenvalue weighted by Gasteiger charge is -2.26. The molecule has 1 aliphatic rings. The fourth-order valence-electron chi connectivity index (χ4n) is 3.22. The number of carbonyl (C=O) groups is 1. The van der Waals surface area contributed by atoms with Crippen molar-refractivity contribution in [1.29, 1.82) is 0 Å². The van der Waals surface area contributed by atoms with E-state index in [1.807, 2.05) is 0 Å². The second-order valence-electron chi connectivity index (χ2n) is 6.98. The molecule has 2 aromatic rings. The van der Waals surface area contributed by atoms with Crippen molar-refractivity contribution in [3.63, 3.8) is 0 Å². The highest BCUT2D eigenvalue weighted by atomic mass is 32.2. The number of nitrogens with zero attached hydrogens (tertiary/aromatic N) is 1. The summed E-state index contributed by atoms with van der Waals surface area (Å²) < 4.78 is 38.2. The maximum Gasteiger partial charge on any atom is 0.306 e. The molecule has 0 N–H and O–H groups in total. The Balaban J connectivity index is 1.76. The Morgan fingerprint density at radius 1 is 1.10 bits per heavy atom. The molecule has 1 unspecified atom stereocenters. The van der Waals surface area contributed by atoms with Gasteiger partial charge in [-0.15, -0.1) is 0 Å². The highest BCUT2D eigenvalue weighted by Gasteiger charge is 2.24. The summed E-state index contributed by atoms with van der Waals surface area (Å²) in [5.74, 6) is 0.830. The van der Waals surface area contributed by atoms with Gasteiger partial charge in [-0.3, -0.25) is 4.79 Å². The van der Waals surface area contributed by atoms with Gasteiger partial charge in [0.2, 0.25) is 0 Å². The predicted octanol–water partition coefficient (Wildman–Crippen LogP) is 2.86. The topological polar surface area (TPSA) is 82.1 Å². The van der Waals surface area contributed by atoms with Crippen molar-refractivity contribution < 1.29 is 26.9 Å². The van der Waals surface area contributed by atoms with E-state index in [1.165, 1.54) is 0 Å². The van der Waals surface area contributed by atoms with Crippen LogP contribution in [0.5, 0.6) is 11.5 Å². The first-order valence-corrected chi connectivity index (χ1v) is 11.2. The smallest absolute Gasteiger partial charge is 0.306 e. The van der Waals surface area contributed by atoms with E-state index in [0.717, 1.165) is 24.7 Å². The molecule has 7 nitrogen and oxygen atoms in total. The minimum Gasteiger partial charge on any atom is -0.497 e. The largest absolute Gasteiger partial charge is 0.497 e. The Morgan fingerprint density at radius 2 is 1.76 bits per heavy atom. The van der Waals surface area contributed by atoms with E-state index < -0.39 is 10.1 Å². The van der Waals surface area contributed by atoms with Crippen molar-refractivity contribution in [1.82, 2.24) is 4.90 Å². The SMILES string of the molecule is COc1ccc(C(=O)N(Cc2ccc(OS(C)(=O)=O)cc2)CC2CCCO2)cc1. The number of amides is 1. The summed E-state index contributed by atoms with van der Waals surface area (Å²) >= 11 is 0. The minimum atomic E-state index is -3.58. The zero-order valence-electron chi connectivity index (χ0n) is 16.5. The average molecular weight is 419 g/mol. The zero-order valence-corrected chi connectivity index (χ0v) is 17.4. The number of benzene rings is 2. The van der Waals surface area contributed by atoms with Gasteiger partial charge in [0.25, 0.3) is 5.91 Å². The van der Waals surface area contributed by atoms with Crippen LogP contribution < -0.4 is 8.92 Å². The molecule has 1 aliphatic heterocycles. The van der Waals surface area contributed by atoms with E-state index in [4.69, 9.17) is 13.7 Å². The van der Waals surface area contributed by atoms with Gasteiger partial charge < -0.3 is 18.6 Å². The Morgan fingerprint density at radius 3 is 2.31 bits per heavy atom. The lowest BCUT2D eigenvalue weighted by Crippen LogP contribution is -2.37. The predicted molar refractivity (Wildman–Crippen MR) is 109 cm³/mol. The van der Waals surface area contributed by atoms with E-state index in [9.17, 15) is 13.2 Å². The van der Waals surface area contributed by atoms with Crippen molar-refractivity contribution in [3.8, 4) is 11.5 Å². The Bertz CT molecular complexity index is 919.